The highest BCUT2D eigenvalue weighted by atomic mass is 16.5. The number of phenolic OH excluding ortho intramolecular Hbond substituents is 1. The molecule has 0 radical (unpaired) electrons. The maximum absolute atomic E-state index is 12.5. The number of likely N-dealkylation sites (tertiary alicyclic amines) is 1. The Hall–Kier alpha value is -3.40. The van der Waals surface area contributed by atoms with Crippen LogP contribution in [0.25, 0.3) is 10.8 Å². The van der Waals surface area contributed by atoms with E-state index < -0.39 is 6.35 Å². The van der Waals surface area contributed by atoms with Crippen molar-refractivity contribution in [1.29, 1.82) is 0 Å². The van der Waals surface area contributed by atoms with Gasteiger partial charge in [-0.2, -0.15) is 0 Å². The number of hydrazine groups is 1. The lowest BCUT2D eigenvalue weighted by Gasteiger charge is -2.49. The Labute approximate surface area is 236 Å². The number of anilines is 1. The van der Waals surface area contributed by atoms with Crippen LogP contribution in [0.4, 0.5) is 5.69 Å². The maximum Gasteiger partial charge on any atom is 0.246 e. The first-order valence-electron chi connectivity index (χ1n) is 14.5. The first-order valence-corrected chi connectivity index (χ1v) is 14.5. The van der Waals surface area contributed by atoms with E-state index in [1.54, 1.807) is 12.2 Å². The molecule has 212 valence electrons. The number of aliphatic imine (C=N–C) groups is 1. The highest BCUT2D eigenvalue weighted by molar-refractivity contribution is 5.96. The lowest BCUT2D eigenvalue weighted by Crippen LogP contribution is -2.60. The second-order valence-corrected chi connectivity index (χ2v) is 11.2. The molecule has 6 rings (SSSR count). The molecule has 0 aliphatic carbocycles. The molecular formula is C31H40N6O3. The van der Waals surface area contributed by atoms with E-state index >= 15 is 0 Å². The van der Waals surface area contributed by atoms with Gasteiger partial charge in [-0.05, 0) is 62.9 Å². The summed E-state index contributed by atoms with van der Waals surface area (Å²) < 4.78 is 6.56. The molecule has 9 heteroatoms. The fraction of sp³-hybridized carbons (Fsp3) is 0.484. The average Bonchev–Trinajstić information content (AvgIpc) is 3.39. The van der Waals surface area contributed by atoms with Gasteiger partial charge in [0.1, 0.15) is 5.75 Å². The van der Waals surface area contributed by atoms with E-state index in [2.05, 4.69) is 39.0 Å². The first-order chi connectivity index (χ1) is 19.5. The monoisotopic (exact) mass is 544 g/mol. The third-order valence-electron chi connectivity index (χ3n) is 8.66. The first kappa shape index (κ1) is 26.8. The third-order valence-corrected chi connectivity index (χ3v) is 8.66. The van der Waals surface area contributed by atoms with E-state index in [0.29, 0.717) is 45.4 Å². The molecule has 0 aromatic heterocycles. The van der Waals surface area contributed by atoms with Gasteiger partial charge < -0.3 is 24.5 Å². The summed E-state index contributed by atoms with van der Waals surface area (Å²) in [5.41, 5.74) is 3.45. The van der Waals surface area contributed by atoms with Crippen molar-refractivity contribution in [2.24, 2.45) is 4.99 Å². The molecule has 9 nitrogen and oxygen atoms in total. The van der Waals surface area contributed by atoms with Gasteiger partial charge in [0, 0.05) is 62.1 Å². The lowest BCUT2D eigenvalue weighted by molar-refractivity contribution is -0.163. The highest BCUT2D eigenvalue weighted by Gasteiger charge is 2.37. The largest absolute Gasteiger partial charge is 0.508 e. The van der Waals surface area contributed by atoms with Crippen LogP contribution in [0, 0.1) is 0 Å². The van der Waals surface area contributed by atoms with Crippen molar-refractivity contribution in [3.8, 4) is 5.75 Å². The summed E-state index contributed by atoms with van der Waals surface area (Å²) in [6, 6.07) is 12.3. The minimum Gasteiger partial charge on any atom is -0.508 e. The van der Waals surface area contributed by atoms with E-state index in [0.717, 1.165) is 42.4 Å². The zero-order valence-corrected chi connectivity index (χ0v) is 23.6. The number of aromatic hydroxyl groups is 1. The Bertz CT molecular complexity index is 1330. The van der Waals surface area contributed by atoms with Crippen LogP contribution < -0.4 is 4.90 Å². The smallest absolute Gasteiger partial charge is 0.246 e. The van der Waals surface area contributed by atoms with Crippen molar-refractivity contribution in [3.63, 3.8) is 0 Å². The van der Waals surface area contributed by atoms with Crippen LogP contribution >= 0.6 is 0 Å². The summed E-state index contributed by atoms with van der Waals surface area (Å²) in [4.78, 5) is 24.1. The zero-order valence-electron chi connectivity index (χ0n) is 23.6. The van der Waals surface area contributed by atoms with Crippen LogP contribution in [-0.2, 0) is 9.53 Å². The normalized spacial score (nSPS) is 24.5. The number of carbonyl (C=O) groups excluding carboxylic acids is 1. The van der Waals surface area contributed by atoms with Crippen molar-refractivity contribution < 1.29 is 14.6 Å². The molecule has 2 saturated heterocycles. The number of fused-ring (bicyclic) bond motifs is 1. The average molecular weight is 545 g/mol. The Kier molecular flexibility index (Phi) is 7.78. The van der Waals surface area contributed by atoms with Crippen molar-refractivity contribution in [2.75, 3.05) is 64.4 Å². The Morgan fingerprint density at radius 1 is 1.12 bits per heavy atom. The lowest BCUT2D eigenvalue weighted by atomic mass is 10.0. The molecule has 4 aliphatic rings. The number of benzene rings is 2. The van der Waals surface area contributed by atoms with Gasteiger partial charge in [-0.15, -0.1) is 0 Å². The van der Waals surface area contributed by atoms with E-state index in [1.807, 2.05) is 42.3 Å². The number of likely N-dealkylation sites (N-methyl/N-ethyl adjacent to an activating group) is 1. The molecule has 1 amide bonds. The number of ether oxygens (including phenoxy) is 1. The fourth-order valence-corrected chi connectivity index (χ4v) is 6.40. The van der Waals surface area contributed by atoms with Crippen LogP contribution in [0.3, 0.4) is 0 Å². The number of hydrogen-bond acceptors (Lipinski definition) is 8. The van der Waals surface area contributed by atoms with Crippen LogP contribution in [0.5, 0.6) is 5.75 Å². The minimum atomic E-state index is -0.439. The topological polar surface area (TPSA) is 75.1 Å². The van der Waals surface area contributed by atoms with Crippen LogP contribution in [-0.4, -0.2) is 109 Å². The van der Waals surface area contributed by atoms with Crippen molar-refractivity contribution in [2.45, 2.75) is 38.6 Å². The van der Waals surface area contributed by atoms with Crippen LogP contribution in [0.2, 0.25) is 0 Å². The molecule has 1 unspecified atom stereocenters. The number of carbonyl (C=O) groups is 1. The number of hydrogen-bond donors (Lipinski definition) is 1. The van der Waals surface area contributed by atoms with Gasteiger partial charge in [0.05, 0.1) is 18.8 Å². The fourth-order valence-electron chi connectivity index (χ4n) is 6.40. The number of allylic oxidation sites excluding steroid dienone is 1. The number of phenols is 1. The summed E-state index contributed by atoms with van der Waals surface area (Å²) in [5, 5.41) is 17.3. The van der Waals surface area contributed by atoms with Crippen molar-refractivity contribution in [3.05, 3.63) is 59.8 Å². The molecular weight excluding hydrogens is 504 g/mol. The molecule has 0 spiro atoms. The summed E-state index contributed by atoms with van der Waals surface area (Å²) >= 11 is 0. The molecule has 2 fully saturated rings. The summed E-state index contributed by atoms with van der Waals surface area (Å²) in [6.07, 6.45) is 8.22. The third kappa shape index (κ3) is 5.33. The Morgan fingerprint density at radius 3 is 2.73 bits per heavy atom. The van der Waals surface area contributed by atoms with Gasteiger partial charge in [0.2, 0.25) is 12.3 Å². The van der Waals surface area contributed by atoms with Crippen LogP contribution in [0.1, 0.15) is 26.2 Å². The molecule has 2 aromatic rings. The quantitative estimate of drug-likeness (QED) is 0.559. The maximum atomic E-state index is 12.5. The molecule has 0 bridgehead atoms. The van der Waals surface area contributed by atoms with Gasteiger partial charge in [0.25, 0.3) is 0 Å². The zero-order chi connectivity index (χ0) is 27.6. The molecule has 2 atom stereocenters. The SMILES string of the molecule is C/C=C/C(=O)N1CCN(N2C3=C(C=N[C@@H]2OCC2CCCN2C)CCN(c2cc(O)cc4ccccc24)C3)CC1. The van der Waals surface area contributed by atoms with Gasteiger partial charge in [-0.3, -0.25) is 9.80 Å². The second kappa shape index (κ2) is 11.6. The van der Waals surface area contributed by atoms with Crippen LogP contribution in [0.15, 0.2) is 64.8 Å². The van der Waals surface area contributed by atoms with Gasteiger partial charge in [-0.25, -0.2) is 10.0 Å². The molecule has 40 heavy (non-hydrogen) atoms. The predicted molar refractivity (Wildman–Crippen MR) is 158 cm³/mol. The van der Waals surface area contributed by atoms with Crippen molar-refractivity contribution in [1.82, 2.24) is 19.8 Å². The molecule has 4 aliphatic heterocycles. The predicted octanol–water partition coefficient (Wildman–Crippen LogP) is 3.43. The summed E-state index contributed by atoms with van der Waals surface area (Å²) in [6.45, 7) is 7.90. The van der Waals surface area contributed by atoms with Gasteiger partial charge in [0.15, 0.2) is 0 Å². The van der Waals surface area contributed by atoms with Crippen molar-refractivity contribution >= 4 is 28.6 Å². The molecule has 1 N–H and O–H groups in total. The molecule has 2 aromatic carbocycles. The number of rotatable bonds is 6. The standard InChI is InChI=1S/C31H40N6O3/c1-3-7-30(39)34-14-16-36(17-15-34)37-29-21-35(28-19-26(38)18-23-8-4-5-10-27(23)28)13-11-24(29)20-32-31(37)40-22-25-9-6-12-33(25)2/h3-5,7-8,10,18-20,25,31,38H,6,9,11-17,21-22H2,1-2H3/b7-3+/t25?,31-/m0/s1. The Balaban J connectivity index is 1.27. The summed E-state index contributed by atoms with van der Waals surface area (Å²) in [7, 11) is 2.17. The highest BCUT2D eigenvalue weighted by Crippen LogP contribution is 2.36. The minimum absolute atomic E-state index is 0.0652. The van der Waals surface area contributed by atoms with E-state index in [1.165, 1.54) is 17.7 Å². The van der Waals surface area contributed by atoms with E-state index in [4.69, 9.17) is 9.73 Å². The molecule has 0 saturated carbocycles. The van der Waals surface area contributed by atoms with E-state index in [-0.39, 0.29) is 11.7 Å². The van der Waals surface area contributed by atoms with Gasteiger partial charge >= 0.3 is 0 Å². The van der Waals surface area contributed by atoms with Gasteiger partial charge in [-0.1, -0.05) is 30.3 Å². The second-order valence-electron chi connectivity index (χ2n) is 11.2. The summed E-state index contributed by atoms with van der Waals surface area (Å²) in [5.74, 6) is 0.342. The molecule has 4 heterocycles. The number of amides is 1. The number of nitrogens with zero attached hydrogens (tertiary/aromatic N) is 6. The number of piperazine rings is 1. The Morgan fingerprint density at radius 2 is 1.95 bits per heavy atom. The van der Waals surface area contributed by atoms with E-state index in [9.17, 15) is 9.90 Å².